The average Bonchev–Trinajstić information content (AvgIpc) is 2.45. The molecular weight excluding hydrogens is 358 g/mol. The van der Waals surface area contributed by atoms with Crippen molar-refractivity contribution >= 4 is 31.8 Å². The predicted octanol–water partition coefficient (Wildman–Crippen LogP) is 2.25. The highest BCUT2D eigenvalue weighted by atomic mass is 79.9. The van der Waals surface area contributed by atoms with E-state index in [2.05, 4.69) is 20.9 Å². The van der Waals surface area contributed by atoms with Gasteiger partial charge in [-0.05, 0) is 34.8 Å². The molecule has 0 atom stereocenters. The molecule has 0 aliphatic heterocycles. The molecule has 21 heavy (non-hydrogen) atoms. The molecular formula is C13H22BrN3O3S. The van der Waals surface area contributed by atoms with E-state index in [1.165, 1.54) is 16.6 Å². The molecule has 0 saturated heterocycles. The van der Waals surface area contributed by atoms with Gasteiger partial charge in [0.25, 0.3) is 0 Å². The van der Waals surface area contributed by atoms with Crippen LogP contribution in [0.15, 0.2) is 21.6 Å². The lowest BCUT2D eigenvalue weighted by Gasteiger charge is -2.29. The van der Waals surface area contributed by atoms with Crippen molar-refractivity contribution in [2.45, 2.75) is 37.6 Å². The number of aromatic nitrogens is 1. The predicted molar refractivity (Wildman–Crippen MR) is 86.5 cm³/mol. The fraction of sp³-hybridized carbons (Fsp3) is 0.615. The van der Waals surface area contributed by atoms with Crippen molar-refractivity contribution in [3.63, 3.8) is 0 Å². The summed E-state index contributed by atoms with van der Waals surface area (Å²) in [6.45, 7) is 4.55. The number of hydrogen-bond acceptors (Lipinski definition) is 5. The van der Waals surface area contributed by atoms with E-state index < -0.39 is 10.0 Å². The molecule has 1 aromatic heterocycles. The summed E-state index contributed by atoms with van der Waals surface area (Å²) in [7, 11) is -2.17. The third-order valence-corrected chi connectivity index (χ3v) is 5.72. The minimum atomic E-state index is -3.71. The molecule has 0 saturated carbocycles. The molecule has 0 aliphatic carbocycles. The molecule has 1 rings (SSSR count). The zero-order valence-corrected chi connectivity index (χ0v) is 14.9. The van der Waals surface area contributed by atoms with Crippen molar-refractivity contribution in [1.29, 1.82) is 0 Å². The van der Waals surface area contributed by atoms with Crippen LogP contribution in [0.25, 0.3) is 0 Å². The fourth-order valence-corrected chi connectivity index (χ4v) is 4.47. The lowest BCUT2D eigenvalue weighted by Crippen LogP contribution is -2.42. The van der Waals surface area contributed by atoms with Crippen LogP contribution >= 0.6 is 15.9 Å². The van der Waals surface area contributed by atoms with E-state index in [1.807, 2.05) is 13.8 Å². The minimum Gasteiger partial charge on any atom is -0.383 e. The third-order valence-electron chi connectivity index (χ3n) is 3.30. The molecule has 2 N–H and O–H groups in total. The van der Waals surface area contributed by atoms with Crippen molar-refractivity contribution in [3.05, 3.63) is 16.7 Å². The van der Waals surface area contributed by atoms with Crippen molar-refractivity contribution in [3.8, 4) is 0 Å². The van der Waals surface area contributed by atoms with Crippen LogP contribution in [0.3, 0.4) is 0 Å². The molecule has 1 heterocycles. The maximum absolute atomic E-state index is 12.9. The van der Waals surface area contributed by atoms with Gasteiger partial charge in [-0.3, -0.25) is 0 Å². The van der Waals surface area contributed by atoms with E-state index in [0.29, 0.717) is 11.1 Å². The summed E-state index contributed by atoms with van der Waals surface area (Å²) in [6, 6.07) is 1.39. The Kier molecular flexibility index (Phi) is 7.05. The quantitative estimate of drug-likeness (QED) is 0.748. The van der Waals surface area contributed by atoms with Crippen LogP contribution in [0.5, 0.6) is 0 Å². The van der Waals surface area contributed by atoms with Gasteiger partial charge in [-0.15, -0.1) is 0 Å². The molecule has 0 aromatic carbocycles. The van der Waals surface area contributed by atoms with Crippen molar-refractivity contribution in [2.24, 2.45) is 0 Å². The lowest BCUT2D eigenvalue weighted by molar-refractivity contribution is 0.163. The van der Waals surface area contributed by atoms with Crippen LogP contribution < -0.4 is 5.73 Å². The van der Waals surface area contributed by atoms with Gasteiger partial charge in [-0.2, -0.15) is 4.31 Å². The fourth-order valence-electron chi connectivity index (χ4n) is 2.14. The maximum atomic E-state index is 12.9. The molecule has 0 unspecified atom stereocenters. The number of ether oxygens (including phenoxy) is 1. The molecule has 0 fully saturated rings. The van der Waals surface area contributed by atoms with Crippen LogP contribution in [0.4, 0.5) is 5.82 Å². The third kappa shape index (κ3) is 4.38. The Morgan fingerprint density at radius 2 is 2.05 bits per heavy atom. The number of sulfonamides is 1. The first-order valence-corrected chi connectivity index (χ1v) is 9.03. The molecule has 0 radical (unpaired) electrons. The van der Waals surface area contributed by atoms with Crippen LogP contribution in [0, 0.1) is 0 Å². The van der Waals surface area contributed by atoms with E-state index in [4.69, 9.17) is 10.5 Å². The Balaban J connectivity index is 3.28. The second-order valence-electron chi connectivity index (χ2n) is 4.62. The number of hydrogen-bond donors (Lipinski definition) is 1. The molecule has 120 valence electrons. The van der Waals surface area contributed by atoms with Crippen molar-refractivity contribution < 1.29 is 13.2 Å². The summed E-state index contributed by atoms with van der Waals surface area (Å²) in [4.78, 5) is 3.94. The number of methoxy groups -OCH3 is 1. The first kappa shape index (κ1) is 18.3. The number of rotatable bonds is 8. The first-order chi connectivity index (χ1) is 9.88. The SMILES string of the molecule is CCC(CC)N(CCOC)S(=O)(=O)c1cc(Br)cnc1N. The molecule has 0 amide bonds. The highest BCUT2D eigenvalue weighted by Crippen LogP contribution is 2.26. The number of nitrogens with two attached hydrogens (primary N) is 1. The number of pyridine rings is 1. The normalized spacial score (nSPS) is 12.3. The number of nitrogen functional groups attached to an aromatic ring is 1. The van der Waals surface area contributed by atoms with Gasteiger partial charge in [0.05, 0.1) is 6.61 Å². The monoisotopic (exact) mass is 379 g/mol. The van der Waals surface area contributed by atoms with E-state index in [9.17, 15) is 8.42 Å². The standard InChI is InChI=1S/C13H22BrN3O3S/c1-4-11(5-2)17(6-7-20-3)21(18,19)12-8-10(14)9-16-13(12)15/h8-9,11H,4-7H2,1-3H3,(H2,15,16). The Hall–Kier alpha value is -0.700. The second kappa shape index (κ2) is 8.07. The summed E-state index contributed by atoms with van der Waals surface area (Å²) < 4.78 is 32.9. The van der Waals surface area contributed by atoms with Gasteiger partial charge in [0.1, 0.15) is 10.7 Å². The number of nitrogens with zero attached hydrogens (tertiary/aromatic N) is 2. The summed E-state index contributed by atoms with van der Waals surface area (Å²) in [6.07, 6.45) is 2.92. The van der Waals surface area contributed by atoms with E-state index in [1.54, 1.807) is 7.11 Å². The molecule has 0 spiro atoms. The Morgan fingerprint density at radius 3 is 2.57 bits per heavy atom. The minimum absolute atomic E-state index is 0.00609. The van der Waals surface area contributed by atoms with Crippen molar-refractivity contribution in [1.82, 2.24) is 9.29 Å². The smallest absolute Gasteiger partial charge is 0.247 e. The van der Waals surface area contributed by atoms with E-state index >= 15 is 0 Å². The molecule has 1 aromatic rings. The van der Waals surface area contributed by atoms with E-state index in [0.717, 1.165) is 12.8 Å². The number of halogens is 1. The van der Waals surface area contributed by atoms with Crippen LogP contribution in [0.2, 0.25) is 0 Å². The van der Waals surface area contributed by atoms with E-state index in [-0.39, 0.29) is 23.3 Å². The second-order valence-corrected chi connectivity index (χ2v) is 7.39. The van der Waals surface area contributed by atoms with Gasteiger partial charge in [-0.1, -0.05) is 13.8 Å². The van der Waals surface area contributed by atoms with Gasteiger partial charge in [0.2, 0.25) is 10.0 Å². The summed E-state index contributed by atoms with van der Waals surface area (Å²) in [5, 5.41) is 0. The Labute approximate surface area is 134 Å². The maximum Gasteiger partial charge on any atom is 0.247 e. The topological polar surface area (TPSA) is 85.5 Å². The van der Waals surface area contributed by atoms with Gasteiger partial charge < -0.3 is 10.5 Å². The van der Waals surface area contributed by atoms with Crippen LogP contribution in [-0.2, 0) is 14.8 Å². The molecule has 6 nitrogen and oxygen atoms in total. The molecule has 8 heteroatoms. The van der Waals surface area contributed by atoms with Crippen LogP contribution in [-0.4, -0.2) is 44.0 Å². The van der Waals surface area contributed by atoms with Gasteiger partial charge in [0.15, 0.2) is 0 Å². The van der Waals surface area contributed by atoms with Crippen LogP contribution in [0.1, 0.15) is 26.7 Å². The summed E-state index contributed by atoms with van der Waals surface area (Å²) in [5.74, 6) is 0.00609. The van der Waals surface area contributed by atoms with Gasteiger partial charge in [0, 0.05) is 30.4 Å². The highest BCUT2D eigenvalue weighted by Gasteiger charge is 2.31. The molecule has 0 aliphatic rings. The van der Waals surface area contributed by atoms with Gasteiger partial charge >= 0.3 is 0 Å². The average molecular weight is 380 g/mol. The largest absolute Gasteiger partial charge is 0.383 e. The molecule has 0 bridgehead atoms. The zero-order chi connectivity index (χ0) is 16.0. The lowest BCUT2D eigenvalue weighted by atomic mass is 10.2. The Morgan fingerprint density at radius 1 is 1.43 bits per heavy atom. The summed E-state index contributed by atoms with van der Waals surface area (Å²) >= 11 is 3.24. The summed E-state index contributed by atoms with van der Waals surface area (Å²) in [5.41, 5.74) is 5.76. The highest BCUT2D eigenvalue weighted by molar-refractivity contribution is 9.10. The van der Waals surface area contributed by atoms with Gasteiger partial charge in [-0.25, -0.2) is 13.4 Å². The number of anilines is 1. The Bertz CT molecular complexity index is 562. The van der Waals surface area contributed by atoms with Crippen molar-refractivity contribution in [2.75, 3.05) is 26.0 Å². The zero-order valence-electron chi connectivity index (χ0n) is 12.5. The first-order valence-electron chi connectivity index (χ1n) is 6.80.